The van der Waals surface area contributed by atoms with Gasteiger partial charge in [0.15, 0.2) is 0 Å². The minimum atomic E-state index is -0.153. The number of aromatic nitrogens is 2. The third-order valence-electron chi connectivity index (χ3n) is 3.41. The van der Waals surface area contributed by atoms with Crippen molar-refractivity contribution >= 4 is 34.5 Å². The number of anilines is 1. The maximum atomic E-state index is 12.0. The van der Waals surface area contributed by atoms with Gasteiger partial charge in [-0.3, -0.25) is 4.79 Å². The highest BCUT2D eigenvalue weighted by atomic mass is 35.5. The van der Waals surface area contributed by atoms with Crippen LogP contribution in [0.15, 0.2) is 42.9 Å². The first-order valence-corrected chi connectivity index (χ1v) is 8.15. The van der Waals surface area contributed by atoms with Gasteiger partial charge in [0.2, 0.25) is 0 Å². The average molecular weight is 347 g/mol. The van der Waals surface area contributed by atoms with Gasteiger partial charge in [0, 0.05) is 17.6 Å². The largest absolute Gasteiger partial charge is 0.399 e. The van der Waals surface area contributed by atoms with Crippen molar-refractivity contribution in [3.8, 4) is 5.69 Å². The summed E-state index contributed by atoms with van der Waals surface area (Å²) in [6.45, 7) is 2.32. The molecule has 0 aliphatic carbocycles. The van der Waals surface area contributed by atoms with Gasteiger partial charge in [-0.15, -0.1) is 11.3 Å². The molecule has 0 saturated heterocycles. The molecule has 0 aliphatic rings. The SMILES string of the molecule is Cc1cc(-n2cnc(CNC(=O)c3ccc(Cl)s3)c2)ccc1N. The number of hydrogen-bond acceptors (Lipinski definition) is 4. The number of nitrogens with two attached hydrogens (primary N) is 1. The summed E-state index contributed by atoms with van der Waals surface area (Å²) in [5.41, 5.74) is 9.36. The van der Waals surface area contributed by atoms with Crippen LogP contribution in [0.3, 0.4) is 0 Å². The first-order chi connectivity index (χ1) is 11.0. The summed E-state index contributed by atoms with van der Waals surface area (Å²) in [5.74, 6) is -0.153. The number of rotatable bonds is 4. The lowest BCUT2D eigenvalue weighted by Crippen LogP contribution is -2.21. The van der Waals surface area contributed by atoms with Gasteiger partial charge in [0.1, 0.15) is 0 Å². The molecule has 3 rings (SSSR count). The van der Waals surface area contributed by atoms with Gasteiger partial charge in [-0.05, 0) is 42.8 Å². The molecule has 118 valence electrons. The number of aryl methyl sites for hydroxylation is 1. The second kappa shape index (κ2) is 6.44. The summed E-state index contributed by atoms with van der Waals surface area (Å²) in [6.07, 6.45) is 3.60. The van der Waals surface area contributed by atoms with E-state index in [2.05, 4.69) is 10.3 Å². The highest BCUT2D eigenvalue weighted by molar-refractivity contribution is 7.17. The summed E-state index contributed by atoms with van der Waals surface area (Å²) < 4.78 is 2.49. The fourth-order valence-electron chi connectivity index (χ4n) is 2.11. The normalized spacial score (nSPS) is 10.7. The van der Waals surface area contributed by atoms with Crippen LogP contribution in [0, 0.1) is 6.92 Å². The Morgan fingerprint density at radius 2 is 2.22 bits per heavy atom. The first kappa shape index (κ1) is 15.6. The predicted molar refractivity (Wildman–Crippen MR) is 93.2 cm³/mol. The van der Waals surface area contributed by atoms with E-state index < -0.39 is 0 Å². The van der Waals surface area contributed by atoms with Crippen LogP contribution in [0.2, 0.25) is 4.34 Å². The van der Waals surface area contributed by atoms with E-state index in [-0.39, 0.29) is 5.91 Å². The van der Waals surface area contributed by atoms with Crippen molar-refractivity contribution < 1.29 is 4.79 Å². The predicted octanol–water partition coefficient (Wildman–Crippen LogP) is 3.41. The third-order valence-corrected chi connectivity index (χ3v) is 4.64. The second-order valence-corrected chi connectivity index (χ2v) is 6.81. The molecule has 0 fully saturated rings. The van der Waals surface area contributed by atoms with Crippen molar-refractivity contribution in [3.05, 3.63) is 63.3 Å². The van der Waals surface area contributed by atoms with E-state index in [0.29, 0.717) is 15.8 Å². The van der Waals surface area contributed by atoms with E-state index >= 15 is 0 Å². The molecule has 23 heavy (non-hydrogen) atoms. The molecule has 2 aromatic heterocycles. The van der Waals surface area contributed by atoms with Crippen LogP contribution in [0.4, 0.5) is 5.69 Å². The van der Waals surface area contributed by atoms with Gasteiger partial charge in [-0.25, -0.2) is 4.98 Å². The zero-order valence-electron chi connectivity index (χ0n) is 12.4. The molecule has 1 amide bonds. The van der Waals surface area contributed by atoms with Crippen LogP contribution in [0.1, 0.15) is 20.9 Å². The van der Waals surface area contributed by atoms with Gasteiger partial charge in [-0.2, -0.15) is 0 Å². The van der Waals surface area contributed by atoms with Crippen LogP contribution in [0.5, 0.6) is 0 Å². The molecular weight excluding hydrogens is 332 g/mol. The Morgan fingerprint density at radius 1 is 1.39 bits per heavy atom. The monoisotopic (exact) mass is 346 g/mol. The fraction of sp³-hybridized carbons (Fsp3) is 0.125. The maximum Gasteiger partial charge on any atom is 0.261 e. The minimum Gasteiger partial charge on any atom is -0.399 e. The van der Waals surface area contributed by atoms with Crippen molar-refractivity contribution in [1.29, 1.82) is 0 Å². The highest BCUT2D eigenvalue weighted by Crippen LogP contribution is 2.21. The van der Waals surface area contributed by atoms with Crippen LogP contribution in [-0.2, 0) is 6.54 Å². The Bertz CT molecular complexity index is 855. The molecular formula is C16H15ClN4OS. The molecule has 3 N–H and O–H groups in total. The van der Waals surface area contributed by atoms with E-state index in [4.69, 9.17) is 17.3 Å². The molecule has 2 heterocycles. The number of amides is 1. The molecule has 0 aliphatic heterocycles. The van der Waals surface area contributed by atoms with Gasteiger partial charge >= 0.3 is 0 Å². The Hall–Kier alpha value is -2.31. The number of nitrogens with zero attached hydrogens (tertiary/aromatic N) is 2. The van der Waals surface area contributed by atoms with Crippen LogP contribution < -0.4 is 11.1 Å². The number of carbonyl (C=O) groups excluding carboxylic acids is 1. The number of thiophene rings is 1. The van der Waals surface area contributed by atoms with Crippen LogP contribution in [0.25, 0.3) is 5.69 Å². The standard InChI is InChI=1S/C16H15ClN4OS/c1-10-6-12(2-3-13(10)18)21-8-11(20-9-21)7-19-16(22)14-4-5-15(17)23-14/h2-6,8-9H,7,18H2,1H3,(H,19,22). The number of nitrogens with one attached hydrogen (secondary N) is 1. The topological polar surface area (TPSA) is 72.9 Å². The van der Waals surface area contributed by atoms with Crippen molar-refractivity contribution in [2.75, 3.05) is 5.73 Å². The van der Waals surface area contributed by atoms with Crippen LogP contribution in [-0.4, -0.2) is 15.5 Å². The number of nitrogen functional groups attached to an aromatic ring is 1. The maximum absolute atomic E-state index is 12.0. The summed E-state index contributed by atoms with van der Waals surface area (Å²) in [4.78, 5) is 16.9. The van der Waals surface area contributed by atoms with E-state index in [0.717, 1.165) is 22.6 Å². The molecule has 0 atom stereocenters. The summed E-state index contributed by atoms with van der Waals surface area (Å²) >= 11 is 7.08. The number of benzene rings is 1. The summed E-state index contributed by atoms with van der Waals surface area (Å²) in [5, 5.41) is 2.83. The number of halogens is 1. The van der Waals surface area contributed by atoms with Gasteiger partial charge in [-0.1, -0.05) is 11.6 Å². The van der Waals surface area contributed by atoms with Gasteiger partial charge < -0.3 is 15.6 Å². The Morgan fingerprint density at radius 3 is 2.91 bits per heavy atom. The average Bonchev–Trinajstić information content (AvgIpc) is 3.17. The minimum absolute atomic E-state index is 0.153. The lowest BCUT2D eigenvalue weighted by atomic mass is 10.2. The van der Waals surface area contributed by atoms with Crippen LogP contribution >= 0.6 is 22.9 Å². The highest BCUT2D eigenvalue weighted by Gasteiger charge is 2.09. The number of hydrogen-bond donors (Lipinski definition) is 2. The Kier molecular flexibility index (Phi) is 4.36. The van der Waals surface area contributed by atoms with Crippen molar-refractivity contribution in [1.82, 2.24) is 14.9 Å². The lowest BCUT2D eigenvalue weighted by Gasteiger charge is -2.05. The van der Waals surface area contributed by atoms with E-state index in [1.807, 2.05) is 35.9 Å². The first-order valence-electron chi connectivity index (χ1n) is 6.96. The molecule has 0 radical (unpaired) electrons. The van der Waals surface area contributed by atoms with Crippen molar-refractivity contribution in [2.45, 2.75) is 13.5 Å². The molecule has 5 nitrogen and oxygen atoms in total. The van der Waals surface area contributed by atoms with E-state index in [1.54, 1.807) is 18.5 Å². The summed E-state index contributed by atoms with van der Waals surface area (Å²) in [6, 6.07) is 9.21. The molecule has 0 saturated carbocycles. The van der Waals surface area contributed by atoms with E-state index in [9.17, 15) is 4.79 Å². The van der Waals surface area contributed by atoms with Crippen molar-refractivity contribution in [3.63, 3.8) is 0 Å². The number of imidazole rings is 1. The lowest BCUT2D eigenvalue weighted by molar-refractivity contribution is 0.0954. The van der Waals surface area contributed by atoms with Gasteiger partial charge in [0.25, 0.3) is 5.91 Å². The molecule has 3 aromatic rings. The molecule has 7 heteroatoms. The Labute approximate surface area is 142 Å². The second-order valence-electron chi connectivity index (χ2n) is 5.10. The van der Waals surface area contributed by atoms with E-state index in [1.165, 1.54) is 11.3 Å². The molecule has 0 bridgehead atoms. The molecule has 0 unspecified atom stereocenters. The van der Waals surface area contributed by atoms with Gasteiger partial charge in [0.05, 0.1) is 27.8 Å². The third kappa shape index (κ3) is 3.55. The number of carbonyl (C=O) groups is 1. The molecule has 0 spiro atoms. The van der Waals surface area contributed by atoms with Crippen molar-refractivity contribution in [2.24, 2.45) is 0 Å². The summed E-state index contributed by atoms with van der Waals surface area (Å²) in [7, 11) is 0. The smallest absolute Gasteiger partial charge is 0.261 e. The Balaban J connectivity index is 1.67. The fourth-order valence-corrected chi connectivity index (χ4v) is 3.07. The zero-order valence-corrected chi connectivity index (χ0v) is 14.0. The molecule has 1 aromatic carbocycles. The quantitative estimate of drug-likeness (QED) is 0.711. The zero-order chi connectivity index (χ0) is 16.4.